The Bertz CT molecular complexity index is 781. The van der Waals surface area contributed by atoms with Crippen LogP contribution in [0.4, 0.5) is 5.82 Å². The summed E-state index contributed by atoms with van der Waals surface area (Å²) in [5, 5.41) is 3.97. The molecular formula is C18H22N4O4. The van der Waals surface area contributed by atoms with Crippen molar-refractivity contribution in [3.8, 4) is 0 Å². The van der Waals surface area contributed by atoms with Crippen LogP contribution in [-0.2, 0) is 16.2 Å². The van der Waals surface area contributed by atoms with Gasteiger partial charge in [-0.05, 0) is 37.5 Å². The second-order valence-electron chi connectivity index (χ2n) is 5.92. The zero-order valence-electron chi connectivity index (χ0n) is 14.7. The van der Waals surface area contributed by atoms with Crippen molar-refractivity contribution in [1.82, 2.24) is 4.98 Å². The van der Waals surface area contributed by atoms with Gasteiger partial charge in [-0.15, -0.1) is 0 Å². The summed E-state index contributed by atoms with van der Waals surface area (Å²) in [5.41, 5.74) is 7.13. The van der Waals surface area contributed by atoms with E-state index < -0.39 is 5.97 Å². The highest BCUT2D eigenvalue weighted by molar-refractivity contribution is 6.01. The van der Waals surface area contributed by atoms with Crippen molar-refractivity contribution in [2.24, 2.45) is 10.9 Å². The molecule has 2 N–H and O–H groups in total. The summed E-state index contributed by atoms with van der Waals surface area (Å²) in [7, 11) is 1.31. The van der Waals surface area contributed by atoms with Gasteiger partial charge in [0.15, 0.2) is 18.2 Å². The van der Waals surface area contributed by atoms with Crippen LogP contribution in [0.5, 0.6) is 0 Å². The van der Waals surface area contributed by atoms with Crippen LogP contribution >= 0.6 is 0 Å². The first-order valence-electron chi connectivity index (χ1n) is 8.51. The number of furan rings is 1. The summed E-state index contributed by atoms with van der Waals surface area (Å²) >= 11 is 0. The largest absolute Gasteiger partial charge is 0.465 e. The summed E-state index contributed by atoms with van der Waals surface area (Å²) in [5.74, 6) is 0.875. The van der Waals surface area contributed by atoms with Gasteiger partial charge >= 0.3 is 5.97 Å². The molecule has 8 heteroatoms. The third kappa shape index (κ3) is 3.96. The fraction of sp³-hybridized carbons (Fsp3) is 0.389. The maximum Gasteiger partial charge on any atom is 0.341 e. The summed E-state index contributed by atoms with van der Waals surface area (Å²) < 4.78 is 9.92. The molecule has 0 radical (unpaired) electrons. The molecule has 0 saturated carbocycles. The first kappa shape index (κ1) is 17.8. The SMILES string of the molecule is COC(=O)c1ccoc1CO/N=C(/N)c1cccnc1N1CCCCC1. The number of anilines is 1. The Balaban J connectivity index is 1.71. The van der Waals surface area contributed by atoms with Gasteiger partial charge in [0.05, 0.1) is 18.9 Å². The molecule has 2 aromatic heterocycles. The maximum atomic E-state index is 11.6. The molecule has 0 unspecified atom stereocenters. The van der Waals surface area contributed by atoms with Crippen LogP contribution in [0.2, 0.25) is 0 Å². The van der Waals surface area contributed by atoms with Crippen LogP contribution in [-0.4, -0.2) is 37.0 Å². The number of oxime groups is 1. The lowest BCUT2D eigenvalue weighted by atomic mass is 10.1. The number of amidine groups is 1. The molecule has 8 nitrogen and oxygen atoms in total. The van der Waals surface area contributed by atoms with Gasteiger partial charge < -0.3 is 24.6 Å². The summed E-state index contributed by atoms with van der Waals surface area (Å²) in [6.45, 7) is 1.87. The smallest absolute Gasteiger partial charge is 0.341 e. The molecule has 3 heterocycles. The van der Waals surface area contributed by atoms with E-state index in [1.54, 1.807) is 6.20 Å². The van der Waals surface area contributed by atoms with Gasteiger partial charge in [0.1, 0.15) is 11.4 Å². The number of pyridine rings is 1. The minimum absolute atomic E-state index is 0.0303. The van der Waals surface area contributed by atoms with Gasteiger partial charge in [0, 0.05) is 19.3 Å². The number of piperidine rings is 1. The fourth-order valence-electron chi connectivity index (χ4n) is 2.91. The lowest BCUT2D eigenvalue weighted by Crippen LogP contribution is -2.32. The van der Waals surface area contributed by atoms with E-state index in [0.717, 1.165) is 37.3 Å². The van der Waals surface area contributed by atoms with E-state index in [4.69, 9.17) is 15.0 Å². The number of methoxy groups -OCH3 is 1. The molecule has 26 heavy (non-hydrogen) atoms. The van der Waals surface area contributed by atoms with Crippen LogP contribution in [0.3, 0.4) is 0 Å². The molecule has 0 atom stereocenters. The molecule has 1 aliphatic heterocycles. The highest BCUT2D eigenvalue weighted by Crippen LogP contribution is 2.21. The van der Waals surface area contributed by atoms with E-state index in [0.29, 0.717) is 11.3 Å². The number of esters is 1. The maximum absolute atomic E-state index is 11.6. The van der Waals surface area contributed by atoms with Crippen molar-refractivity contribution in [3.05, 3.63) is 47.5 Å². The Labute approximate surface area is 151 Å². The van der Waals surface area contributed by atoms with Crippen molar-refractivity contribution in [3.63, 3.8) is 0 Å². The zero-order valence-corrected chi connectivity index (χ0v) is 14.7. The van der Waals surface area contributed by atoms with E-state index in [1.807, 2.05) is 12.1 Å². The molecular weight excluding hydrogens is 336 g/mol. The first-order chi connectivity index (χ1) is 12.7. The Morgan fingerprint density at radius 3 is 2.88 bits per heavy atom. The van der Waals surface area contributed by atoms with E-state index in [1.165, 1.54) is 25.9 Å². The number of aromatic nitrogens is 1. The van der Waals surface area contributed by atoms with Crippen LogP contribution in [0, 0.1) is 0 Å². The Morgan fingerprint density at radius 1 is 1.31 bits per heavy atom. The molecule has 0 aromatic carbocycles. The molecule has 138 valence electrons. The number of ether oxygens (including phenoxy) is 1. The van der Waals surface area contributed by atoms with Crippen molar-refractivity contribution >= 4 is 17.6 Å². The van der Waals surface area contributed by atoms with Gasteiger partial charge in [0.2, 0.25) is 0 Å². The number of rotatable bonds is 6. The van der Waals surface area contributed by atoms with Crippen molar-refractivity contribution in [2.75, 3.05) is 25.1 Å². The number of nitrogens with zero attached hydrogens (tertiary/aromatic N) is 3. The molecule has 1 fully saturated rings. The van der Waals surface area contributed by atoms with Crippen LogP contribution < -0.4 is 10.6 Å². The quantitative estimate of drug-likeness (QED) is 0.366. The van der Waals surface area contributed by atoms with Gasteiger partial charge in [-0.1, -0.05) is 5.16 Å². The predicted molar refractivity (Wildman–Crippen MR) is 95.9 cm³/mol. The second-order valence-corrected chi connectivity index (χ2v) is 5.92. The number of carbonyl (C=O) groups is 1. The van der Waals surface area contributed by atoms with E-state index in [-0.39, 0.29) is 12.4 Å². The highest BCUT2D eigenvalue weighted by atomic mass is 16.6. The first-order valence-corrected chi connectivity index (χ1v) is 8.51. The average Bonchev–Trinajstić information content (AvgIpc) is 3.16. The number of carbonyl (C=O) groups excluding carboxylic acids is 1. The molecule has 2 aromatic rings. The summed E-state index contributed by atoms with van der Waals surface area (Å²) in [6, 6.07) is 5.20. The minimum Gasteiger partial charge on any atom is -0.465 e. The van der Waals surface area contributed by atoms with Crippen molar-refractivity contribution < 1.29 is 18.8 Å². The molecule has 0 bridgehead atoms. The normalized spacial score (nSPS) is 15.0. The fourth-order valence-corrected chi connectivity index (χ4v) is 2.91. The highest BCUT2D eigenvalue weighted by Gasteiger charge is 2.18. The number of hydrogen-bond acceptors (Lipinski definition) is 7. The molecule has 0 spiro atoms. The molecule has 0 aliphatic carbocycles. The van der Waals surface area contributed by atoms with Gasteiger partial charge in [0.25, 0.3) is 0 Å². The van der Waals surface area contributed by atoms with Crippen molar-refractivity contribution in [2.45, 2.75) is 25.9 Å². The summed E-state index contributed by atoms with van der Waals surface area (Å²) in [4.78, 5) is 23.6. The van der Waals surface area contributed by atoms with Crippen molar-refractivity contribution in [1.29, 1.82) is 0 Å². The zero-order chi connectivity index (χ0) is 18.4. The minimum atomic E-state index is -0.492. The third-order valence-electron chi connectivity index (χ3n) is 4.23. The standard InChI is InChI=1S/C18H22N4O4/c1-24-18(23)13-7-11-25-15(13)12-26-21-16(19)14-6-5-8-20-17(14)22-9-3-2-4-10-22/h5-8,11H,2-4,9-10,12H2,1H3,(H2,19,21). The Morgan fingerprint density at radius 2 is 2.12 bits per heavy atom. The Hall–Kier alpha value is -3.03. The molecule has 1 saturated heterocycles. The topological polar surface area (TPSA) is 103 Å². The monoisotopic (exact) mass is 358 g/mol. The predicted octanol–water partition coefficient (Wildman–Crippen LogP) is 2.29. The Kier molecular flexibility index (Phi) is 5.73. The lowest BCUT2D eigenvalue weighted by Gasteiger charge is -2.29. The van der Waals surface area contributed by atoms with Gasteiger partial charge in [-0.2, -0.15) is 0 Å². The lowest BCUT2D eigenvalue weighted by molar-refractivity contribution is 0.0587. The molecule has 1 aliphatic rings. The number of hydrogen-bond donors (Lipinski definition) is 1. The van der Waals surface area contributed by atoms with E-state index in [9.17, 15) is 4.79 Å². The molecule has 3 rings (SSSR count). The number of nitrogens with two attached hydrogens (primary N) is 1. The van der Waals surface area contributed by atoms with E-state index >= 15 is 0 Å². The van der Waals surface area contributed by atoms with Gasteiger partial charge in [-0.25, -0.2) is 9.78 Å². The van der Waals surface area contributed by atoms with Gasteiger partial charge in [-0.3, -0.25) is 0 Å². The molecule has 0 amide bonds. The summed E-state index contributed by atoms with van der Waals surface area (Å²) in [6.07, 6.45) is 6.65. The second kappa shape index (κ2) is 8.37. The van der Waals surface area contributed by atoms with Crippen LogP contribution in [0.25, 0.3) is 0 Å². The van der Waals surface area contributed by atoms with E-state index in [2.05, 4.69) is 19.8 Å². The average molecular weight is 358 g/mol. The third-order valence-corrected chi connectivity index (χ3v) is 4.23. The van der Waals surface area contributed by atoms with Crippen LogP contribution in [0.15, 0.2) is 40.2 Å². The van der Waals surface area contributed by atoms with Crippen LogP contribution in [0.1, 0.15) is 40.9 Å².